The lowest BCUT2D eigenvalue weighted by molar-refractivity contribution is 0.0589. The van der Waals surface area contributed by atoms with E-state index in [9.17, 15) is 9.59 Å². The van der Waals surface area contributed by atoms with Crippen LogP contribution in [0.4, 0.5) is 9.59 Å². The van der Waals surface area contributed by atoms with E-state index < -0.39 is 0 Å². The van der Waals surface area contributed by atoms with E-state index in [0.717, 1.165) is 25.9 Å². The summed E-state index contributed by atoms with van der Waals surface area (Å²) in [6.07, 6.45) is 3.46. The summed E-state index contributed by atoms with van der Waals surface area (Å²) in [5.41, 5.74) is 0. The number of carbonyl (C=O) groups is 2. The quantitative estimate of drug-likeness (QED) is 0.510. The second kappa shape index (κ2) is 8.56. The van der Waals surface area contributed by atoms with Crippen molar-refractivity contribution in [1.29, 1.82) is 0 Å². The SMILES string of the molecule is O=C(Cl)N1CCCCC1.O=C(Cl)N1CCOCC1. The number of carbonyl (C=O) groups excluding carboxylic acids is 2. The molecule has 0 radical (unpaired) electrons. The van der Waals surface area contributed by atoms with Crippen molar-refractivity contribution in [1.82, 2.24) is 9.80 Å². The van der Waals surface area contributed by atoms with Gasteiger partial charge in [0.15, 0.2) is 0 Å². The summed E-state index contributed by atoms with van der Waals surface area (Å²) in [5, 5.41) is -0.673. The summed E-state index contributed by atoms with van der Waals surface area (Å²) in [5.74, 6) is 0. The van der Waals surface area contributed by atoms with Gasteiger partial charge in [-0.3, -0.25) is 9.59 Å². The van der Waals surface area contributed by atoms with Crippen LogP contribution >= 0.6 is 23.2 Å². The molecule has 0 aromatic heterocycles. The smallest absolute Gasteiger partial charge is 0.316 e. The minimum atomic E-state index is -0.377. The van der Waals surface area contributed by atoms with E-state index in [1.165, 1.54) is 6.42 Å². The molecule has 2 rings (SSSR count). The standard InChI is InChI=1S/C6H10ClNO.C5H8ClNO2/c7-6(9)8-4-2-1-3-5-8;6-5(8)7-1-3-9-4-2-7/h1-5H2;1-4H2. The molecule has 2 fully saturated rings. The monoisotopic (exact) mass is 296 g/mol. The number of rotatable bonds is 0. The van der Waals surface area contributed by atoms with Gasteiger partial charge in [0.2, 0.25) is 0 Å². The molecule has 0 saturated carbocycles. The molecule has 0 spiro atoms. The van der Waals surface area contributed by atoms with Crippen LogP contribution in [0.15, 0.2) is 0 Å². The van der Waals surface area contributed by atoms with Gasteiger partial charge in [-0.1, -0.05) is 0 Å². The van der Waals surface area contributed by atoms with Crippen molar-refractivity contribution in [2.45, 2.75) is 19.3 Å². The summed E-state index contributed by atoms with van der Waals surface area (Å²) in [4.78, 5) is 24.2. The highest BCUT2D eigenvalue weighted by atomic mass is 35.5. The highest BCUT2D eigenvalue weighted by molar-refractivity contribution is 6.63. The van der Waals surface area contributed by atoms with Gasteiger partial charge in [0.25, 0.3) is 0 Å². The van der Waals surface area contributed by atoms with Crippen LogP contribution in [0.25, 0.3) is 0 Å². The van der Waals surface area contributed by atoms with E-state index in [1.807, 2.05) is 0 Å². The zero-order chi connectivity index (χ0) is 13.4. The molecule has 2 amide bonds. The first-order valence-electron chi connectivity index (χ1n) is 6.08. The number of likely N-dealkylation sites (tertiary alicyclic amines) is 1. The Morgan fingerprint density at radius 3 is 1.56 bits per heavy atom. The molecule has 0 aromatic rings. The van der Waals surface area contributed by atoms with Gasteiger partial charge >= 0.3 is 10.7 Å². The van der Waals surface area contributed by atoms with Crippen LogP contribution in [0.5, 0.6) is 0 Å². The summed E-state index contributed by atoms with van der Waals surface area (Å²) in [7, 11) is 0. The molecule has 18 heavy (non-hydrogen) atoms. The number of ether oxygens (including phenoxy) is 1. The summed E-state index contributed by atoms with van der Waals surface area (Å²) < 4.78 is 5.00. The minimum Gasteiger partial charge on any atom is -0.378 e. The third-order valence-electron chi connectivity index (χ3n) is 2.86. The molecule has 2 aliphatic rings. The third kappa shape index (κ3) is 5.89. The van der Waals surface area contributed by atoms with Crippen LogP contribution in [-0.4, -0.2) is 59.9 Å². The first kappa shape index (κ1) is 15.5. The molecule has 0 unspecified atom stereocenters. The van der Waals surface area contributed by atoms with Gasteiger partial charge in [0.05, 0.1) is 13.2 Å². The van der Waals surface area contributed by atoms with Gasteiger partial charge in [0, 0.05) is 26.2 Å². The predicted octanol–water partition coefficient (Wildman–Crippen LogP) is 2.51. The Morgan fingerprint density at radius 1 is 0.778 bits per heavy atom. The van der Waals surface area contributed by atoms with Crippen molar-refractivity contribution in [3.05, 3.63) is 0 Å². The number of nitrogens with zero attached hydrogens (tertiary/aromatic N) is 2. The lowest BCUT2D eigenvalue weighted by Gasteiger charge is -2.23. The Hall–Kier alpha value is -0.520. The molecule has 2 saturated heterocycles. The molecule has 2 aliphatic heterocycles. The van der Waals surface area contributed by atoms with Gasteiger partial charge in [0.1, 0.15) is 0 Å². The Kier molecular flexibility index (Phi) is 7.39. The average molecular weight is 297 g/mol. The second-order valence-corrected chi connectivity index (χ2v) is 4.80. The van der Waals surface area contributed by atoms with Crippen LogP contribution in [0.1, 0.15) is 19.3 Å². The molecule has 5 nitrogen and oxygen atoms in total. The number of hydrogen-bond acceptors (Lipinski definition) is 3. The van der Waals surface area contributed by atoms with E-state index in [2.05, 4.69) is 0 Å². The highest BCUT2D eigenvalue weighted by Crippen LogP contribution is 2.10. The largest absolute Gasteiger partial charge is 0.378 e. The second-order valence-electron chi connectivity index (χ2n) is 4.15. The lowest BCUT2D eigenvalue weighted by atomic mass is 10.1. The molecule has 0 N–H and O–H groups in total. The topological polar surface area (TPSA) is 49.9 Å². The molecular weight excluding hydrogens is 279 g/mol. The zero-order valence-electron chi connectivity index (χ0n) is 10.2. The Bertz CT molecular complexity index is 249. The fraction of sp³-hybridized carbons (Fsp3) is 0.818. The molecule has 0 bridgehead atoms. The van der Waals surface area contributed by atoms with Gasteiger partial charge in [-0.25, -0.2) is 0 Å². The summed E-state index contributed by atoms with van der Waals surface area (Å²) in [6, 6.07) is 0. The normalized spacial score (nSPS) is 19.9. The van der Waals surface area contributed by atoms with Crippen molar-refractivity contribution in [3.8, 4) is 0 Å². The summed E-state index contributed by atoms with van der Waals surface area (Å²) >= 11 is 10.4. The third-order valence-corrected chi connectivity index (χ3v) is 3.34. The van der Waals surface area contributed by atoms with E-state index in [4.69, 9.17) is 27.9 Å². The van der Waals surface area contributed by atoms with E-state index >= 15 is 0 Å². The van der Waals surface area contributed by atoms with Crippen LogP contribution in [0.3, 0.4) is 0 Å². The molecular formula is C11H18Cl2N2O3. The zero-order valence-corrected chi connectivity index (χ0v) is 11.8. The number of piperidine rings is 1. The molecule has 2 heterocycles. The van der Waals surface area contributed by atoms with E-state index in [0.29, 0.717) is 26.3 Å². The highest BCUT2D eigenvalue weighted by Gasteiger charge is 2.13. The van der Waals surface area contributed by atoms with Gasteiger partial charge in [-0.2, -0.15) is 0 Å². The van der Waals surface area contributed by atoms with Crippen molar-refractivity contribution in [3.63, 3.8) is 0 Å². The van der Waals surface area contributed by atoms with Crippen molar-refractivity contribution >= 4 is 33.9 Å². The van der Waals surface area contributed by atoms with Crippen molar-refractivity contribution < 1.29 is 14.3 Å². The first-order valence-corrected chi connectivity index (χ1v) is 6.83. The van der Waals surface area contributed by atoms with E-state index in [-0.39, 0.29) is 10.7 Å². The minimum absolute atomic E-state index is 0.297. The number of halogens is 2. The number of hydrogen-bond donors (Lipinski definition) is 0. The predicted molar refractivity (Wildman–Crippen MR) is 70.3 cm³/mol. The Labute approximate surface area is 117 Å². The number of amides is 2. The maximum atomic E-state index is 10.5. The van der Waals surface area contributed by atoms with Crippen molar-refractivity contribution in [2.24, 2.45) is 0 Å². The van der Waals surface area contributed by atoms with Crippen LogP contribution < -0.4 is 0 Å². The van der Waals surface area contributed by atoms with Crippen LogP contribution in [0, 0.1) is 0 Å². The van der Waals surface area contributed by atoms with E-state index in [1.54, 1.807) is 9.80 Å². The maximum Gasteiger partial charge on any atom is 0.316 e. The number of morpholine rings is 1. The Balaban J connectivity index is 0.000000180. The van der Waals surface area contributed by atoms with Crippen molar-refractivity contribution in [2.75, 3.05) is 39.4 Å². The molecule has 0 aliphatic carbocycles. The maximum absolute atomic E-state index is 10.5. The van der Waals surface area contributed by atoms with Crippen LogP contribution in [0.2, 0.25) is 0 Å². The molecule has 7 heteroatoms. The molecule has 0 atom stereocenters. The average Bonchev–Trinajstić information content (AvgIpc) is 2.41. The fourth-order valence-electron chi connectivity index (χ4n) is 1.81. The van der Waals surface area contributed by atoms with Gasteiger partial charge in [-0.05, 0) is 42.5 Å². The van der Waals surface area contributed by atoms with Gasteiger partial charge in [-0.15, -0.1) is 0 Å². The Morgan fingerprint density at radius 2 is 1.22 bits per heavy atom. The summed E-state index contributed by atoms with van der Waals surface area (Å²) in [6.45, 7) is 4.17. The lowest BCUT2D eigenvalue weighted by Crippen LogP contribution is -2.37. The first-order chi connectivity index (χ1) is 8.61. The molecule has 104 valence electrons. The van der Waals surface area contributed by atoms with Crippen LogP contribution in [-0.2, 0) is 4.74 Å². The fourth-order valence-corrected chi connectivity index (χ4v) is 2.15. The molecule has 0 aromatic carbocycles. The van der Waals surface area contributed by atoms with Gasteiger partial charge < -0.3 is 14.5 Å².